The first-order chi connectivity index (χ1) is 10.5. The smallest absolute Gasteiger partial charge is 0.313 e. The van der Waals surface area contributed by atoms with Gasteiger partial charge in [-0.1, -0.05) is 51.3 Å². The minimum absolute atomic E-state index is 0.442. The van der Waals surface area contributed by atoms with Gasteiger partial charge in [-0.25, -0.2) is 0 Å². The Hall–Kier alpha value is -1.84. The maximum absolute atomic E-state index is 12.0. The summed E-state index contributed by atoms with van der Waals surface area (Å²) in [6.45, 7) is 8.67. The molecule has 4 nitrogen and oxygen atoms in total. The Morgan fingerprint density at radius 2 is 1.73 bits per heavy atom. The van der Waals surface area contributed by atoms with Crippen molar-refractivity contribution in [1.29, 1.82) is 0 Å². The molecule has 1 rings (SSSR count). The van der Waals surface area contributed by atoms with E-state index >= 15 is 0 Å². The Balaban J connectivity index is 2.53. The van der Waals surface area contributed by atoms with Crippen LogP contribution in [0.3, 0.4) is 0 Å². The van der Waals surface area contributed by atoms with Crippen LogP contribution >= 0.6 is 0 Å². The van der Waals surface area contributed by atoms with Crippen LogP contribution in [0.4, 0.5) is 5.69 Å². The number of hydrogen-bond acceptors (Lipinski definition) is 2. The van der Waals surface area contributed by atoms with Crippen LogP contribution in [-0.2, 0) is 9.59 Å². The van der Waals surface area contributed by atoms with Crippen molar-refractivity contribution < 1.29 is 9.59 Å². The lowest BCUT2D eigenvalue weighted by molar-refractivity contribution is -0.136. The molecule has 0 aromatic heterocycles. The van der Waals surface area contributed by atoms with Crippen LogP contribution in [0.15, 0.2) is 18.2 Å². The number of unbranched alkanes of at least 4 members (excludes halogenated alkanes) is 1. The predicted molar refractivity (Wildman–Crippen MR) is 90.9 cm³/mol. The highest BCUT2D eigenvalue weighted by Gasteiger charge is 2.17. The fourth-order valence-electron chi connectivity index (χ4n) is 2.44. The maximum atomic E-state index is 12.0. The highest BCUT2D eigenvalue weighted by Crippen LogP contribution is 2.19. The van der Waals surface area contributed by atoms with Gasteiger partial charge in [0.05, 0.1) is 0 Å². The van der Waals surface area contributed by atoms with E-state index in [-0.39, 0.29) is 0 Å². The second-order valence-corrected chi connectivity index (χ2v) is 5.85. The molecule has 2 N–H and O–H groups in total. The van der Waals surface area contributed by atoms with Gasteiger partial charge in [-0.2, -0.15) is 0 Å². The van der Waals surface area contributed by atoms with Crippen LogP contribution < -0.4 is 10.6 Å². The number of hydrogen-bond donors (Lipinski definition) is 2. The number of nitrogens with one attached hydrogen (secondary N) is 2. The summed E-state index contributed by atoms with van der Waals surface area (Å²) < 4.78 is 0. The Labute approximate surface area is 133 Å². The van der Waals surface area contributed by atoms with Crippen LogP contribution in [0.2, 0.25) is 0 Å². The molecule has 0 saturated heterocycles. The summed E-state index contributed by atoms with van der Waals surface area (Å²) in [5.41, 5.74) is 2.63. The Morgan fingerprint density at radius 3 is 2.27 bits per heavy atom. The molecule has 0 bridgehead atoms. The zero-order chi connectivity index (χ0) is 16.5. The Kier molecular flexibility index (Phi) is 7.64. The minimum Gasteiger partial charge on any atom is -0.348 e. The molecule has 1 aromatic rings. The average molecular weight is 304 g/mol. The molecule has 0 aliphatic carbocycles. The number of para-hydroxylation sites is 1. The molecule has 0 spiro atoms. The van der Waals surface area contributed by atoms with Crippen molar-refractivity contribution in [3.63, 3.8) is 0 Å². The van der Waals surface area contributed by atoms with Gasteiger partial charge in [0.15, 0.2) is 0 Å². The summed E-state index contributed by atoms with van der Waals surface area (Å²) in [5.74, 6) is -0.711. The third-order valence-corrected chi connectivity index (χ3v) is 4.02. The SMILES string of the molecule is CCCC[C@H](CC)CNC(=O)C(=O)Nc1c(C)cccc1C. The molecule has 2 amide bonds. The van der Waals surface area contributed by atoms with Crippen LogP contribution in [0.5, 0.6) is 0 Å². The van der Waals surface area contributed by atoms with Crippen molar-refractivity contribution in [1.82, 2.24) is 5.32 Å². The maximum Gasteiger partial charge on any atom is 0.313 e. The van der Waals surface area contributed by atoms with E-state index < -0.39 is 11.8 Å². The molecule has 0 radical (unpaired) electrons. The van der Waals surface area contributed by atoms with Crippen molar-refractivity contribution in [3.8, 4) is 0 Å². The second kappa shape index (κ2) is 9.23. The summed E-state index contributed by atoms with van der Waals surface area (Å²) in [6.07, 6.45) is 4.41. The summed E-state index contributed by atoms with van der Waals surface area (Å²) in [6, 6.07) is 5.76. The minimum atomic E-state index is -0.595. The molecule has 0 aliphatic rings. The number of aryl methyl sites for hydroxylation is 2. The van der Waals surface area contributed by atoms with Crippen LogP contribution in [0.1, 0.15) is 50.7 Å². The van der Waals surface area contributed by atoms with Crippen molar-refractivity contribution >= 4 is 17.5 Å². The van der Waals surface area contributed by atoms with Crippen molar-refractivity contribution in [3.05, 3.63) is 29.3 Å². The first-order valence-electron chi connectivity index (χ1n) is 8.14. The second-order valence-electron chi connectivity index (χ2n) is 5.85. The number of carbonyl (C=O) groups excluding carboxylic acids is 2. The summed E-state index contributed by atoms with van der Waals surface area (Å²) in [7, 11) is 0. The molecular formula is C18H28N2O2. The van der Waals surface area contributed by atoms with Crippen molar-refractivity contribution in [2.45, 2.75) is 53.4 Å². The van der Waals surface area contributed by atoms with E-state index in [0.29, 0.717) is 12.5 Å². The molecule has 0 aliphatic heterocycles. The highest BCUT2D eigenvalue weighted by atomic mass is 16.2. The number of amides is 2. The van der Waals surface area contributed by atoms with E-state index in [9.17, 15) is 9.59 Å². The molecule has 0 unspecified atom stereocenters. The van der Waals surface area contributed by atoms with Gasteiger partial charge >= 0.3 is 11.8 Å². The van der Waals surface area contributed by atoms with Gasteiger partial charge in [-0.3, -0.25) is 9.59 Å². The van der Waals surface area contributed by atoms with Gasteiger partial charge in [0, 0.05) is 12.2 Å². The zero-order valence-electron chi connectivity index (χ0n) is 14.2. The van der Waals surface area contributed by atoms with E-state index in [2.05, 4.69) is 24.5 Å². The van der Waals surface area contributed by atoms with Crippen LogP contribution in [0, 0.1) is 19.8 Å². The number of rotatable bonds is 7. The number of anilines is 1. The van der Waals surface area contributed by atoms with E-state index in [1.807, 2.05) is 32.0 Å². The number of benzene rings is 1. The average Bonchev–Trinajstić information content (AvgIpc) is 2.50. The zero-order valence-corrected chi connectivity index (χ0v) is 14.2. The molecular weight excluding hydrogens is 276 g/mol. The fraction of sp³-hybridized carbons (Fsp3) is 0.556. The number of carbonyl (C=O) groups is 2. The van der Waals surface area contributed by atoms with E-state index in [1.165, 1.54) is 0 Å². The molecule has 0 heterocycles. The molecule has 22 heavy (non-hydrogen) atoms. The van der Waals surface area contributed by atoms with E-state index in [1.54, 1.807) is 0 Å². The lowest BCUT2D eigenvalue weighted by atomic mass is 9.99. The normalized spacial score (nSPS) is 11.8. The van der Waals surface area contributed by atoms with Crippen LogP contribution in [0.25, 0.3) is 0 Å². The van der Waals surface area contributed by atoms with Gasteiger partial charge in [0.2, 0.25) is 0 Å². The molecule has 122 valence electrons. The first-order valence-corrected chi connectivity index (χ1v) is 8.14. The van der Waals surface area contributed by atoms with Crippen molar-refractivity contribution in [2.75, 3.05) is 11.9 Å². The Morgan fingerprint density at radius 1 is 1.09 bits per heavy atom. The van der Waals surface area contributed by atoms with E-state index in [4.69, 9.17) is 0 Å². The van der Waals surface area contributed by atoms with Gasteiger partial charge in [-0.05, 0) is 37.3 Å². The molecule has 0 saturated carbocycles. The van der Waals surface area contributed by atoms with Gasteiger partial charge in [-0.15, -0.1) is 0 Å². The summed E-state index contributed by atoms with van der Waals surface area (Å²) in [5, 5.41) is 5.46. The lowest BCUT2D eigenvalue weighted by Gasteiger charge is -2.15. The van der Waals surface area contributed by atoms with Gasteiger partial charge < -0.3 is 10.6 Å². The standard InChI is InChI=1S/C18H28N2O2/c1-5-7-11-15(6-2)12-19-17(21)18(22)20-16-13(3)9-8-10-14(16)4/h8-10,15H,5-7,11-12H2,1-4H3,(H,19,21)(H,20,22)/t15-/m0/s1. The third kappa shape index (κ3) is 5.51. The highest BCUT2D eigenvalue weighted by molar-refractivity contribution is 6.39. The molecule has 4 heteroatoms. The largest absolute Gasteiger partial charge is 0.348 e. The lowest BCUT2D eigenvalue weighted by Crippen LogP contribution is -2.38. The molecule has 0 fully saturated rings. The third-order valence-electron chi connectivity index (χ3n) is 4.02. The first kappa shape index (κ1) is 18.2. The summed E-state index contributed by atoms with van der Waals surface area (Å²) in [4.78, 5) is 23.9. The van der Waals surface area contributed by atoms with Gasteiger partial charge in [0.25, 0.3) is 0 Å². The summed E-state index contributed by atoms with van der Waals surface area (Å²) >= 11 is 0. The quantitative estimate of drug-likeness (QED) is 0.757. The molecule has 1 aromatic carbocycles. The monoisotopic (exact) mass is 304 g/mol. The molecule has 1 atom stereocenters. The van der Waals surface area contributed by atoms with Crippen molar-refractivity contribution in [2.24, 2.45) is 5.92 Å². The van der Waals surface area contributed by atoms with Gasteiger partial charge in [0.1, 0.15) is 0 Å². The van der Waals surface area contributed by atoms with E-state index in [0.717, 1.165) is 42.5 Å². The topological polar surface area (TPSA) is 58.2 Å². The Bertz CT molecular complexity index is 492. The van der Waals surface area contributed by atoms with Crippen LogP contribution in [-0.4, -0.2) is 18.4 Å². The fourth-order valence-corrected chi connectivity index (χ4v) is 2.44. The predicted octanol–water partition coefficient (Wildman–Crippen LogP) is 3.57.